The van der Waals surface area contributed by atoms with E-state index >= 15 is 0 Å². The van der Waals surface area contributed by atoms with Crippen molar-refractivity contribution in [2.45, 2.75) is 12.6 Å². The van der Waals surface area contributed by atoms with Crippen LogP contribution in [0, 0.1) is 0 Å². The molecule has 2 heterocycles. The highest BCUT2D eigenvalue weighted by molar-refractivity contribution is 5.82. The van der Waals surface area contributed by atoms with Gasteiger partial charge in [0.25, 0.3) is 0 Å². The van der Waals surface area contributed by atoms with Crippen molar-refractivity contribution in [2.75, 3.05) is 26.8 Å². The maximum absolute atomic E-state index is 12.1. The van der Waals surface area contributed by atoms with Crippen molar-refractivity contribution in [3.05, 3.63) is 24.2 Å². The molecule has 0 saturated carbocycles. The van der Waals surface area contributed by atoms with Gasteiger partial charge in [0.2, 0.25) is 5.91 Å². The molecule has 1 amide bonds. The van der Waals surface area contributed by atoms with Gasteiger partial charge in [-0.2, -0.15) is 0 Å². The van der Waals surface area contributed by atoms with Gasteiger partial charge in [-0.1, -0.05) is 0 Å². The van der Waals surface area contributed by atoms with Crippen molar-refractivity contribution in [2.24, 2.45) is 0 Å². The number of hydrogen-bond acceptors (Lipinski definition) is 4. The molecule has 5 heteroatoms. The standard InChI is InChI=1S/C11H16N2O3/c1-12-10-8-16-5-3-13(11(10)14)6-9-2-4-15-7-9/h2,4,7,10,12H,3,5-6,8H2,1H3. The predicted molar refractivity (Wildman–Crippen MR) is 57.8 cm³/mol. The van der Waals surface area contributed by atoms with E-state index in [9.17, 15) is 4.79 Å². The molecule has 5 nitrogen and oxygen atoms in total. The molecule has 0 aromatic carbocycles. The van der Waals surface area contributed by atoms with E-state index in [2.05, 4.69) is 5.32 Å². The first kappa shape index (κ1) is 11.2. The van der Waals surface area contributed by atoms with Gasteiger partial charge >= 0.3 is 0 Å². The molecule has 1 atom stereocenters. The second-order valence-corrected chi connectivity index (χ2v) is 3.81. The van der Waals surface area contributed by atoms with Gasteiger partial charge in [0.05, 0.1) is 25.7 Å². The molecule has 2 rings (SSSR count). The minimum atomic E-state index is -0.241. The van der Waals surface area contributed by atoms with Gasteiger partial charge in [-0.25, -0.2) is 0 Å². The second-order valence-electron chi connectivity index (χ2n) is 3.81. The van der Waals surface area contributed by atoms with E-state index in [1.165, 1.54) is 0 Å². The molecule has 1 unspecified atom stereocenters. The Morgan fingerprint density at radius 3 is 3.19 bits per heavy atom. The molecule has 1 aliphatic rings. The summed E-state index contributed by atoms with van der Waals surface area (Å²) in [6.45, 7) is 2.23. The average Bonchev–Trinajstić information content (AvgIpc) is 2.73. The molecule has 1 aromatic rings. The monoisotopic (exact) mass is 224 g/mol. The first-order valence-electron chi connectivity index (χ1n) is 5.36. The lowest BCUT2D eigenvalue weighted by molar-refractivity contribution is -0.133. The van der Waals surface area contributed by atoms with Gasteiger partial charge in [-0.3, -0.25) is 4.79 Å². The minimum absolute atomic E-state index is 0.0844. The average molecular weight is 224 g/mol. The van der Waals surface area contributed by atoms with Crippen LogP contribution < -0.4 is 5.32 Å². The third-order valence-electron chi connectivity index (χ3n) is 2.70. The number of amides is 1. The van der Waals surface area contributed by atoms with Gasteiger partial charge in [0, 0.05) is 18.7 Å². The fourth-order valence-electron chi connectivity index (χ4n) is 1.74. The Labute approximate surface area is 94.4 Å². The Morgan fingerprint density at radius 2 is 2.50 bits per heavy atom. The van der Waals surface area contributed by atoms with E-state index in [0.717, 1.165) is 5.56 Å². The molecule has 0 aliphatic carbocycles. The molecule has 1 aliphatic heterocycles. The molecule has 1 saturated heterocycles. The molecular weight excluding hydrogens is 208 g/mol. The summed E-state index contributed by atoms with van der Waals surface area (Å²) in [7, 11) is 1.77. The van der Waals surface area contributed by atoms with Gasteiger partial charge in [0.15, 0.2) is 0 Å². The van der Waals surface area contributed by atoms with Crippen molar-refractivity contribution >= 4 is 5.91 Å². The topological polar surface area (TPSA) is 54.7 Å². The summed E-state index contributed by atoms with van der Waals surface area (Å²) in [5.74, 6) is 0.0844. The Morgan fingerprint density at radius 1 is 1.62 bits per heavy atom. The number of furan rings is 1. The maximum atomic E-state index is 12.1. The number of carbonyl (C=O) groups is 1. The summed E-state index contributed by atoms with van der Waals surface area (Å²) in [5.41, 5.74) is 1.00. The van der Waals surface area contributed by atoms with E-state index in [0.29, 0.717) is 26.3 Å². The van der Waals surface area contributed by atoms with Gasteiger partial charge in [-0.05, 0) is 13.1 Å². The molecule has 88 valence electrons. The largest absolute Gasteiger partial charge is 0.472 e. The molecule has 0 spiro atoms. The highest BCUT2D eigenvalue weighted by atomic mass is 16.5. The van der Waals surface area contributed by atoms with Crippen LogP contribution in [-0.4, -0.2) is 43.7 Å². The van der Waals surface area contributed by atoms with Crippen LogP contribution >= 0.6 is 0 Å². The van der Waals surface area contributed by atoms with E-state index in [1.807, 2.05) is 6.07 Å². The summed E-state index contributed by atoms with van der Waals surface area (Å²) in [5, 5.41) is 2.96. The molecular formula is C11H16N2O3. The molecule has 16 heavy (non-hydrogen) atoms. The number of rotatable bonds is 3. The van der Waals surface area contributed by atoms with E-state index in [-0.39, 0.29) is 11.9 Å². The van der Waals surface area contributed by atoms with Crippen molar-refractivity contribution in [3.63, 3.8) is 0 Å². The zero-order valence-electron chi connectivity index (χ0n) is 9.31. The van der Waals surface area contributed by atoms with Gasteiger partial charge in [0.1, 0.15) is 6.04 Å². The lowest BCUT2D eigenvalue weighted by Gasteiger charge is -2.22. The molecule has 1 aromatic heterocycles. The molecule has 1 fully saturated rings. The van der Waals surface area contributed by atoms with Crippen molar-refractivity contribution in [1.29, 1.82) is 0 Å². The summed E-state index contributed by atoms with van der Waals surface area (Å²) in [6.07, 6.45) is 3.27. The van der Waals surface area contributed by atoms with Crippen LogP contribution in [0.4, 0.5) is 0 Å². The van der Waals surface area contributed by atoms with Crippen LogP contribution in [0.2, 0.25) is 0 Å². The van der Waals surface area contributed by atoms with Gasteiger partial charge in [-0.15, -0.1) is 0 Å². The number of hydrogen-bond donors (Lipinski definition) is 1. The fraction of sp³-hybridized carbons (Fsp3) is 0.545. The number of ether oxygens (including phenoxy) is 1. The van der Waals surface area contributed by atoms with Crippen molar-refractivity contribution in [1.82, 2.24) is 10.2 Å². The van der Waals surface area contributed by atoms with E-state index in [4.69, 9.17) is 9.15 Å². The zero-order valence-corrected chi connectivity index (χ0v) is 9.31. The van der Waals surface area contributed by atoms with Gasteiger partial charge < -0.3 is 19.4 Å². The first-order valence-corrected chi connectivity index (χ1v) is 5.36. The Bertz CT molecular complexity index is 337. The summed E-state index contributed by atoms with van der Waals surface area (Å²) in [4.78, 5) is 13.8. The second kappa shape index (κ2) is 5.14. The van der Waals surface area contributed by atoms with Crippen LogP contribution in [0.5, 0.6) is 0 Å². The highest BCUT2D eigenvalue weighted by Gasteiger charge is 2.26. The fourth-order valence-corrected chi connectivity index (χ4v) is 1.74. The van der Waals surface area contributed by atoms with Crippen molar-refractivity contribution in [3.8, 4) is 0 Å². The Hall–Kier alpha value is -1.33. The van der Waals surface area contributed by atoms with Crippen LogP contribution in [0.1, 0.15) is 5.56 Å². The molecule has 0 radical (unpaired) electrons. The smallest absolute Gasteiger partial charge is 0.242 e. The van der Waals surface area contributed by atoms with Crippen LogP contribution in [0.3, 0.4) is 0 Å². The Kier molecular flexibility index (Phi) is 3.58. The number of nitrogens with zero attached hydrogens (tertiary/aromatic N) is 1. The quantitative estimate of drug-likeness (QED) is 0.798. The Balaban J connectivity index is 2.04. The minimum Gasteiger partial charge on any atom is -0.472 e. The maximum Gasteiger partial charge on any atom is 0.242 e. The van der Waals surface area contributed by atoms with Crippen LogP contribution in [0.15, 0.2) is 23.0 Å². The molecule has 0 bridgehead atoms. The third-order valence-corrected chi connectivity index (χ3v) is 2.70. The van der Waals surface area contributed by atoms with Crippen molar-refractivity contribution < 1.29 is 13.9 Å². The highest BCUT2D eigenvalue weighted by Crippen LogP contribution is 2.09. The number of nitrogens with one attached hydrogen (secondary N) is 1. The van der Waals surface area contributed by atoms with E-state index < -0.39 is 0 Å². The normalized spacial score (nSPS) is 22.2. The third kappa shape index (κ3) is 2.43. The zero-order chi connectivity index (χ0) is 11.4. The SMILES string of the molecule is CNC1COCCN(Cc2ccoc2)C1=O. The molecule has 1 N–H and O–H groups in total. The lowest BCUT2D eigenvalue weighted by atomic mass is 10.2. The number of likely N-dealkylation sites (N-methyl/N-ethyl adjacent to an activating group) is 1. The number of carbonyl (C=O) groups excluding carboxylic acids is 1. The summed E-state index contributed by atoms with van der Waals surface area (Å²) in [6, 6.07) is 1.63. The first-order chi connectivity index (χ1) is 7.81. The predicted octanol–water partition coefficient (Wildman–Crippen LogP) is 0.226. The van der Waals surface area contributed by atoms with E-state index in [1.54, 1.807) is 24.5 Å². The summed E-state index contributed by atoms with van der Waals surface area (Å²) < 4.78 is 10.4. The van der Waals surface area contributed by atoms with Crippen LogP contribution in [-0.2, 0) is 16.1 Å². The summed E-state index contributed by atoms with van der Waals surface area (Å²) >= 11 is 0. The lowest BCUT2D eigenvalue weighted by Crippen LogP contribution is -2.45. The van der Waals surface area contributed by atoms with Crippen LogP contribution in [0.25, 0.3) is 0 Å².